The number of piperazine rings is 1. The molecule has 0 bridgehead atoms. The van der Waals surface area contributed by atoms with Gasteiger partial charge in [0.05, 0.1) is 12.1 Å². The van der Waals surface area contributed by atoms with Crippen molar-refractivity contribution in [3.05, 3.63) is 71.8 Å². The fourth-order valence-electron chi connectivity index (χ4n) is 3.72. The minimum atomic E-state index is -0.179. The first kappa shape index (κ1) is 19.9. The van der Waals surface area contributed by atoms with Gasteiger partial charge in [-0.05, 0) is 42.0 Å². The molecule has 0 saturated carbocycles. The van der Waals surface area contributed by atoms with Crippen molar-refractivity contribution in [2.75, 3.05) is 38.0 Å². The van der Waals surface area contributed by atoms with Gasteiger partial charge in [-0.15, -0.1) is 0 Å². The SMILES string of the molecule is Cc1ccc(NC(=O)CN2CCN(C(=O)c3cc4ccccc4cc3O)CC2)cc1. The molecule has 1 heterocycles. The number of rotatable bonds is 4. The maximum Gasteiger partial charge on any atom is 0.257 e. The minimum Gasteiger partial charge on any atom is -0.507 e. The zero-order valence-corrected chi connectivity index (χ0v) is 17.0. The highest BCUT2D eigenvalue weighted by molar-refractivity contribution is 6.01. The molecule has 0 atom stereocenters. The Morgan fingerprint density at radius 2 is 1.57 bits per heavy atom. The Morgan fingerprint density at radius 1 is 0.933 bits per heavy atom. The predicted octanol–water partition coefficient (Wildman–Crippen LogP) is 3.25. The summed E-state index contributed by atoms with van der Waals surface area (Å²) in [6.07, 6.45) is 0. The molecule has 1 fully saturated rings. The summed E-state index contributed by atoms with van der Waals surface area (Å²) >= 11 is 0. The molecule has 6 heteroatoms. The fraction of sp³-hybridized carbons (Fsp3) is 0.250. The zero-order valence-electron chi connectivity index (χ0n) is 17.0. The number of hydrogen-bond donors (Lipinski definition) is 2. The second kappa shape index (κ2) is 8.55. The maximum absolute atomic E-state index is 12.9. The highest BCUT2D eigenvalue weighted by Crippen LogP contribution is 2.26. The number of nitrogens with one attached hydrogen (secondary N) is 1. The third-order valence-electron chi connectivity index (χ3n) is 5.46. The van der Waals surface area contributed by atoms with Crippen LogP contribution in [0.25, 0.3) is 10.8 Å². The molecule has 30 heavy (non-hydrogen) atoms. The van der Waals surface area contributed by atoms with E-state index in [2.05, 4.69) is 5.32 Å². The quantitative estimate of drug-likeness (QED) is 0.701. The van der Waals surface area contributed by atoms with Crippen molar-refractivity contribution in [1.29, 1.82) is 0 Å². The summed E-state index contributed by atoms with van der Waals surface area (Å²) in [6, 6.07) is 18.7. The molecule has 0 spiro atoms. The number of carbonyl (C=O) groups excluding carboxylic acids is 2. The van der Waals surface area contributed by atoms with Crippen molar-refractivity contribution < 1.29 is 14.7 Å². The number of phenolic OH excluding ortho intramolecular Hbond substituents is 1. The predicted molar refractivity (Wildman–Crippen MR) is 118 cm³/mol. The summed E-state index contributed by atoms with van der Waals surface area (Å²) < 4.78 is 0. The maximum atomic E-state index is 12.9. The van der Waals surface area contributed by atoms with Gasteiger partial charge in [0.2, 0.25) is 5.91 Å². The van der Waals surface area contributed by atoms with Crippen LogP contribution < -0.4 is 5.32 Å². The number of fused-ring (bicyclic) bond motifs is 1. The smallest absolute Gasteiger partial charge is 0.257 e. The lowest BCUT2D eigenvalue weighted by Crippen LogP contribution is -2.50. The van der Waals surface area contributed by atoms with Crippen molar-refractivity contribution in [2.24, 2.45) is 0 Å². The van der Waals surface area contributed by atoms with E-state index in [0.29, 0.717) is 31.7 Å². The van der Waals surface area contributed by atoms with Crippen LogP contribution in [0, 0.1) is 6.92 Å². The lowest BCUT2D eigenvalue weighted by Gasteiger charge is -2.34. The Kier molecular flexibility index (Phi) is 5.68. The van der Waals surface area contributed by atoms with E-state index in [-0.39, 0.29) is 24.1 Å². The highest BCUT2D eigenvalue weighted by Gasteiger charge is 2.25. The fourth-order valence-corrected chi connectivity index (χ4v) is 3.72. The lowest BCUT2D eigenvalue weighted by atomic mass is 10.0. The number of carbonyl (C=O) groups is 2. The number of hydrogen-bond acceptors (Lipinski definition) is 4. The Balaban J connectivity index is 1.34. The topological polar surface area (TPSA) is 72.9 Å². The second-order valence-corrected chi connectivity index (χ2v) is 7.70. The van der Waals surface area contributed by atoms with Gasteiger partial charge in [-0.25, -0.2) is 0 Å². The average Bonchev–Trinajstić information content (AvgIpc) is 2.75. The summed E-state index contributed by atoms with van der Waals surface area (Å²) in [7, 11) is 0. The van der Waals surface area contributed by atoms with Gasteiger partial charge in [0.25, 0.3) is 5.91 Å². The van der Waals surface area contributed by atoms with E-state index in [9.17, 15) is 14.7 Å². The number of benzene rings is 3. The van der Waals surface area contributed by atoms with Crippen molar-refractivity contribution in [2.45, 2.75) is 6.92 Å². The van der Waals surface area contributed by atoms with Gasteiger partial charge < -0.3 is 15.3 Å². The van der Waals surface area contributed by atoms with Crippen molar-refractivity contribution >= 4 is 28.3 Å². The van der Waals surface area contributed by atoms with E-state index >= 15 is 0 Å². The summed E-state index contributed by atoms with van der Waals surface area (Å²) in [6.45, 7) is 4.55. The number of amides is 2. The molecule has 0 aliphatic carbocycles. The number of aryl methyl sites for hydroxylation is 1. The lowest BCUT2D eigenvalue weighted by molar-refractivity contribution is -0.117. The van der Waals surface area contributed by atoms with Crippen LogP contribution in [0.5, 0.6) is 5.75 Å². The van der Waals surface area contributed by atoms with Crippen LogP contribution in [0.15, 0.2) is 60.7 Å². The van der Waals surface area contributed by atoms with Crippen LogP contribution in [0.1, 0.15) is 15.9 Å². The van der Waals surface area contributed by atoms with Crippen molar-refractivity contribution in [1.82, 2.24) is 9.80 Å². The highest BCUT2D eigenvalue weighted by atomic mass is 16.3. The van der Waals surface area contributed by atoms with E-state index in [4.69, 9.17) is 0 Å². The third kappa shape index (κ3) is 4.44. The Labute approximate surface area is 175 Å². The Bertz CT molecular complexity index is 1070. The summed E-state index contributed by atoms with van der Waals surface area (Å²) in [5.74, 6) is -0.244. The molecule has 1 aliphatic heterocycles. The molecular formula is C24H25N3O3. The van der Waals surface area contributed by atoms with Crippen LogP contribution in [-0.4, -0.2) is 59.4 Å². The van der Waals surface area contributed by atoms with Crippen LogP contribution in [0.4, 0.5) is 5.69 Å². The minimum absolute atomic E-state index is 0.00129. The zero-order chi connectivity index (χ0) is 21.1. The Hall–Kier alpha value is -3.38. The summed E-state index contributed by atoms with van der Waals surface area (Å²) in [5.41, 5.74) is 2.25. The molecule has 0 radical (unpaired) electrons. The summed E-state index contributed by atoms with van der Waals surface area (Å²) in [4.78, 5) is 29.0. The van der Waals surface area contributed by atoms with Gasteiger partial charge in [-0.1, -0.05) is 42.0 Å². The Morgan fingerprint density at radius 3 is 2.23 bits per heavy atom. The first-order valence-electron chi connectivity index (χ1n) is 10.1. The number of anilines is 1. The molecule has 2 N–H and O–H groups in total. The van der Waals surface area contributed by atoms with Gasteiger partial charge >= 0.3 is 0 Å². The van der Waals surface area contributed by atoms with Gasteiger partial charge in [0, 0.05) is 31.9 Å². The van der Waals surface area contributed by atoms with Crippen LogP contribution in [0.2, 0.25) is 0 Å². The molecule has 1 aliphatic rings. The third-order valence-corrected chi connectivity index (χ3v) is 5.46. The van der Waals surface area contributed by atoms with Crippen molar-refractivity contribution in [3.8, 4) is 5.75 Å². The molecule has 0 unspecified atom stereocenters. The first-order valence-corrected chi connectivity index (χ1v) is 10.1. The molecule has 154 valence electrons. The second-order valence-electron chi connectivity index (χ2n) is 7.70. The molecule has 0 aromatic heterocycles. The van der Waals surface area contributed by atoms with Gasteiger partial charge in [0.15, 0.2) is 0 Å². The van der Waals surface area contributed by atoms with Gasteiger partial charge in [-0.3, -0.25) is 14.5 Å². The standard InChI is InChI=1S/C24H25N3O3/c1-17-6-8-20(9-7-17)25-23(29)16-26-10-12-27(13-11-26)24(30)21-14-18-4-2-3-5-19(18)15-22(21)28/h2-9,14-15,28H,10-13,16H2,1H3,(H,25,29). The van der Waals surface area contributed by atoms with Crippen LogP contribution in [-0.2, 0) is 4.79 Å². The molecule has 6 nitrogen and oxygen atoms in total. The normalized spacial score (nSPS) is 14.6. The van der Waals surface area contributed by atoms with Gasteiger partial charge in [0.1, 0.15) is 5.75 Å². The number of phenols is 1. The number of nitrogens with zero attached hydrogens (tertiary/aromatic N) is 2. The summed E-state index contributed by atoms with van der Waals surface area (Å²) in [5, 5.41) is 15.1. The molecular weight excluding hydrogens is 378 g/mol. The molecule has 3 aromatic rings. The monoisotopic (exact) mass is 403 g/mol. The van der Waals surface area contributed by atoms with E-state index in [1.165, 1.54) is 0 Å². The van der Waals surface area contributed by atoms with Crippen LogP contribution in [0.3, 0.4) is 0 Å². The van der Waals surface area contributed by atoms with Crippen molar-refractivity contribution in [3.63, 3.8) is 0 Å². The van der Waals surface area contributed by atoms with Gasteiger partial charge in [-0.2, -0.15) is 0 Å². The van der Waals surface area contributed by atoms with Crippen LogP contribution >= 0.6 is 0 Å². The number of aromatic hydroxyl groups is 1. The van der Waals surface area contributed by atoms with E-state index in [0.717, 1.165) is 22.0 Å². The van der Waals surface area contributed by atoms with E-state index < -0.39 is 0 Å². The largest absolute Gasteiger partial charge is 0.507 e. The molecule has 4 rings (SSSR count). The van der Waals surface area contributed by atoms with E-state index in [1.54, 1.807) is 17.0 Å². The molecule has 1 saturated heterocycles. The molecule has 2 amide bonds. The first-order chi connectivity index (χ1) is 14.5. The van der Waals surface area contributed by atoms with E-state index in [1.807, 2.05) is 60.4 Å². The molecule has 3 aromatic carbocycles. The average molecular weight is 403 g/mol.